The number of carbonyl (C=O) groups is 1. The van der Waals surface area contributed by atoms with E-state index in [1.807, 2.05) is 0 Å². The topological polar surface area (TPSA) is 63.4 Å². The second-order valence-electron chi connectivity index (χ2n) is 4.81. The van der Waals surface area contributed by atoms with Crippen LogP contribution >= 0.6 is 11.6 Å². The molecule has 1 aromatic rings. The lowest BCUT2D eigenvalue weighted by molar-refractivity contribution is -0.385. The molecule has 0 saturated carbocycles. The number of benzene rings is 1. The van der Waals surface area contributed by atoms with Gasteiger partial charge in [0.25, 0.3) is 11.6 Å². The van der Waals surface area contributed by atoms with E-state index in [-0.39, 0.29) is 11.3 Å². The zero-order chi connectivity index (χ0) is 14.7. The zero-order valence-electron chi connectivity index (χ0n) is 10.7. The van der Waals surface area contributed by atoms with Crippen molar-refractivity contribution in [3.63, 3.8) is 0 Å². The summed E-state index contributed by atoms with van der Waals surface area (Å²) >= 11 is 5.77. The van der Waals surface area contributed by atoms with Crippen LogP contribution in [0.5, 0.6) is 0 Å². The van der Waals surface area contributed by atoms with Crippen LogP contribution in [0.4, 0.5) is 10.1 Å². The van der Waals surface area contributed by atoms with Crippen LogP contribution in [0.3, 0.4) is 0 Å². The van der Waals surface area contributed by atoms with Crippen LogP contribution in [0.15, 0.2) is 18.2 Å². The number of rotatable bonds is 3. The van der Waals surface area contributed by atoms with Crippen molar-refractivity contribution in [2.24, 2.45) is 5.92 Å². The fourth-order valence-electron chi connectivity index (χ4n) is 2.30. The van der Waals surface area contributed by atoms with Crippen LogP contribution in [-0.2, 0) is 0 Å². The first-order chi connectivity index (χ1) is 9.52. The van der Waals surface area contributed by atoms with Crippen LogP contribution < -0.4 is 0 Å². The third-order valence-corrected chi connectivity index (χ3v) is 3.94. The summed E-state index contributed by atoms with van der Waals surface area (Å²) in [5, 5.41) is 10.9. The van der Waals surface area contributed by atoms with Crippen molar-refractivity contribution < 1.29 is 14.1 Å². The van der Waals surface area contributed by atoms with Crippen molar-refractivity contribution in [1.82, 2.24) is 4.90 Å². The zero-order valence-corrected chi connectivity index (χ0v) is 11.5. The number of piperidine rings is 1. The summed E-state index contributed by atoms with van der Waals surface area (Å²) in [7, 11) is 0. The molecule has 1 aliphatic heterocycles. The van der Waals surface area contributed by atoms with Crippen LogP contribution in [0, 0.1) is 21.8 Å². The Kier molecular flexibility index (Phi) is 4.54. The first-order valence-electron chi connectivity index (χ1n) is 6.32. The number of nitro groups is 1. The quantitative estimate of drug-likeness (QED) is 0.490. The van der Waals surface area contributed by atoms with E-state index in [0.29, 0.717) is 24.9 Å². The van der Waals surface area contributed by atoms with Gasteiger partial charge in [-0.15, -0.1) is 11.6 Å². The van der Waals surface area contributed by atoms with Crippen LogP contribution in [-0.4, -0.2) is 34.7 Å². The highest BCUT2D eigenvalue weighted by atomic mass is 35.5. The van der Waals surface area contributed by atoms with Gasteiger partial charge < -0.3 is 4.90 Å². The molecule has 0 N–H and O–H groups in total. The normalized spacial score (nSPS) is 16.2. The number of nitro benzene ring substituents is 1. The molecule has 1 aromatic carbocycles. The van der Waals surface area contributed by atoms with Crippen molar-refractivity contribution in [1.29, 1.82) is 0 Å². The van der Waals surface area contributed by atoms with Crippen molar-refractivity contribution in [2.75, 3.05) is 19.0 Å². The van der Waals surface area contributed by atoms with E-state index < -0.39 is 16.6 Å². The van der Waals surface area contributed by atoms with E-state index in [1.54, 1.807) is 0 Å². The predicted octanol–water partition coefficient (Wildman–Crippen LogP) is 2.82. The van der Waals surface area contributed by atoms with Gasteiger partial charge in [0.15, 0.2) is 0 Å². The molecule has 7 heteroatoms. The van der Waals surface area contributed by atoms with Crippen molar-refractivity contribution >= 4 is 23.2 Å². The van der Waals surface area contributed by atoms with Crippen molar-refractivity contribution in [2.45, 2.75) is 12.8 Å². The monoisotopic (exact) mass is 300 g/mol. The number of halogens is 2. The molecule has 1 amide bonds. The van der Waals surface area contributed by atoms with Gasteiger partial charge in [-0.25, -0.2) is 4.39 Å². The number of hydrogen-bond acceptors (Lipinski definition) is 3. The van der Waals surface area contributed by atoms with Gasteiger partial charge >= 0.3 is 0 Å². The summed E-state index contributed by atoms with van der Waals surface area (Å²) in [6, 6.07) is 2.93. The Morgan fingerprint density at radius 2 is 2.10 bits per heavy atom. The third kappa shape index (κ3) is 3.07. The first-order valence-corrected chi connectivity index (χ1v) is 6.85. The van der Waals surface area contributed by atoms with Crippen LogP contribution in [0.1, 0.15) is 23.2 Å². The number of amides is 1. The summed E-state index contributed by atoms with van der Waals surface area (Å²) in [4.78, 5) is 24.1. The Hall–Kier alpha value is -1.69. The molecule has 108 valence electrons. The van der Waals surface area contributed by atoms with E-state index >= 15 is 0 Å². The van der Waals surface area contributed by atoms with Crippen molar-refractivity contribution in [3.05, 3.63) is 39.7 Å². The molecule has 0 radical (unpaired) electrons. The highest BCUT2D eigenvalue weighted by Gasteiger charge is 2.28. The number of carbonyl (C=O) groups excluding carboxylic acids is 1. The molecule has 0 unspecified atom stereocenters. The lowest BCUT2D eigenvalue weighted by atomic mass is 9.98. The molecule has 20 heavy (non-hydrogen) atoms. The second-order valence-corrected chi connectivity index (χ2v) is 5.12. The summed E-state index contributed by atoms with van der Waals surface area (Å²) in [6.07, 6.45) is 1.52. The van der Waals surface area contributed by atoms with Gasteiger partial charge in [0.1, 0.15) is 11.4 Å². The summed E-state index contributed by atoms with van der Waals surface area (Å²) in [6.45, 7) is 0.980. The maximum Gasteiger partial charge on any atom is 0.282 e. The van der Waals surface area contributed by atoms with E-state index in [0.717, 1.165) is 31.0 Å². The molecule has 5 nitrogen and oxygen atoms in total. The SMILES string of the molecule is O=C(c1cc(F)ccc1[N+](=O)[O-])N1CCC(CCl)CC1. The Morgan fingerprint density at radius 1 is 1.45 bits per heavy atom. The van der Waals surface area contributed by atoms with E-state index in [1.165, 1.54) is 4.90 Å². The van der Waals surface area contributed by atoms with Crippen LogP contribution in [0.25, 0.3) is 0 Å². The molecule has 2 rings (SSSR count). The molecule has 0 bridgehead atoms. The minimum Gasteiger partial charge on any atom is -0.338 e. The summed E-state index contributed by atoms with van der Waals surface area (Å²) < 4.78 is 13.2. The van der Waals surface area contributed by atoms with Gasteiger partial charge in [-0.05, 0) is 30.9 Å². The Morgan fingerprint density at radius 3 is 2.65 bits per heavy atom. The maximum atomic E-state index is 13.2. The number of hydrogen-bond donors (Lipinski definition) is 0. The minimum atomic E-state index is -0.668. The molecule has 1 fully saturated rings. The number of nitrogens with zero attached hydrogens (tertiary/aromatic N) is 2. The summed E-state index contributed by atoms with van der Waals surface area (Å²) in [5.41, 5.74) is -0.560. The smallest absolute Gasteiger partial charge is 0.282 e. The van der Waals surface area contributed by atoms with Gasteiger partial charge in [0.05, 0.1) is 4.92 Å². The molecule has 0 spiro atoms. The van der Waals surface area contributed by atoms with Gasteiger partial charge in [0, 0.05) is 25.0 Å². The number of likely N-dealkylation sites (tertiary alicyclic amines) is 1. The molecule has 0 aliphatic carbocycles. The van der Waals surface area contributed by atoms with Crippen molar-refractivity contribution in [3.8, 4) is 0 Å². The standard InChI is InChI=1S/C13H14ClFN2O3/c14-8-9-3-5-16(6-4-9)13(18)11-7-10(15)1-2-12(11)17(19)20/h1-2,7,9H,3-6,8H2. The number of alkyl halides is 1. The fourth-order valence-corrected chi connectivity index (χ4v) is 2.61. The van der Waals surface area contributed by atoms with E-state index in [4.69, 9.17) is 11.6 Å². The Bertz CT molecular complexity index is 530. The lowest BCUT2D eigenvalue weighted by Gasteiger charge is -2.31. The molecular formula is C13H14ClFN2O3. The van der Waals surface area contributed by atoms with Gasteiger partial charge in [0.2, 0.25) is 0 Å². The Balaban J connectivity index is 2.21. The molecule has 1 saturated heterocycles. The largest absolute Gasteiger partial charge is 0.338 e. The molecule has 0 aromatic heterocycles. The van der Waals surface area contributed by atoms with E-state index in [2.05, 4.69) is 0 Å². The minimum absolute atomic E-state index is 0.195. The first kappa shape index (κ1) is 14.7. The molecule has 0 atom stereocenters. The second kappa shape index (κ2) is 6.17. The highest BCUT2D eigenvalue weighted by Crippen LogP contribution is 2.24. The average Bonchev–Trinajstić information content (AvgIpc) is 2.46. The molecule has 1 aliphatic rings. The Labute approximate surface area is 120 Å². The average molecular weight is 301 g/mol. The third-order valence-electron chi connectivity index (χ3n) is 3.51. The fraction of sp³-hybridized carbons (Fsp3) is 0.462. The lowest BCUT2D eigenvalue weighted by Crippen LogP contribution is -2.39. The van der Waals surface area contributed by atoms with E-state index in [9.17, 15) is 19.3 Å². The van der Waals surface area contributed by atoms with Gasteiger partial charge in [-0.3, -0.25) is 14.9 Å². The summed E-state index contributed by atoms with van der Waals surface area (Å²) in [5.74, 6) is -0.246. The van der Waals surface area contributed by atoms with Crippen LogP contribution in [0.2, 0.25) is 0 Å². The molecule has 1 heterocycles. The predicted molar refractivity (Wildman–Crippen MR) is 72.4 cm³/mol. The maximum absolute atomic E-state index is 13.2. The molecular weight excluding hydrogens is 287 g/mol. The highest BCUT2D eigenvalue weighted by molar-refractivity contribution is 6.18. The van der Waals surface area contributed by atoms with Gasteiger partial charge in [-0.1, -0.05) is 0 Å². The van der Waals surface area contributed by atoms with Gasteiger partial charge in [-0.2, -0.15) is 0 Å².